The topological polar surface area (TPSA) is 49.3 Å². The zero-order valence-corrected chi connectivity index (χ0v) is 9.29. The van der Waals surface area contributed by atoms with Gasteiger partial charge in [-0.25, -0.2) is 4.79 Å². The number of carbonyl (C=O) groups is 1. The summed E-state index contributed by atoms with van der Waals surface area (Å²) < 4.78 is 0. The number of hydrogen-bond acceptors (Lipinski definition) is 2. The Balaban J connectivity index is 2.60. The molecule has 1 aromatic carbocycles. The zero-order chi connectivity index (χ0) is 12.0. The summed E-state index contributed by atoms with van der Waals surface area (Å²) in [6.45, 7) is 2.59. The van der Waals surface area contributed by atoms with E-state index in [0.717, 1.165) is 30.6 Å². The lowest BCUT2D eigenvalue weighted by molar-refractivity contribution is 0.0696. The van der Waals surface area contributed by atoms with Gasteiger partial charge in [0.1, 0.15) is 0 Å². The van der Waals surface area contributed by atoms with Crippen LogP contribution >= 0.6 is 0 Å². The van der Waals surface area contributed by atoms with E-state index in [-0.39, 0.29) is 0 Å². The van der Waals surface area contributed by atoms with Gasteiger partial charge in [-0.3, -0.25) is 0 Å². The summed E-state index contributed by atoms with van der Waals surface area (Å²) in [7, 11) is 0. The Kier molecular flexibility index (Phi) is 4.41. The fourth-order valence-corrected chi connectivity index (χ4v) is 1.44. The van der Waals surface area contributed by atoms with E-state index in [1.165, 1.54) is 0 Å². The van der Waals surface area contributed by atoms with E-state index in [1.54, 1.807) is 19.1 Å². The van der Waals surface area contributed by atoms with Crippen molar-refractivity contribution in [1.29, 1.82) is 0 Å². The number of carboxylic acid groups (broad SMARTS) is 1. The molecule has 0 aliphatic rings. The van der Waals surface area contributed by atoms with Crippen LogP contribution in [0.2, 0.25) is 0 Å². The van der Waals surface area contributed by atoms with Gasteiger partial charge < -0.3 is 10.4 Å². The molecule has 84 valence electrons. The van der Waals surface area contributed by atoms with E-state index in [0.29, 0.717) is 5.56 Å². The van der Waals surface area contributed by atoms with Gasteiger partial charge in [-0.15, -0.1) is 12.3 Å². The molecule has 0 bridgehead atoms. The third-order valence-electron chi connectivity index (χ3n) is 2.28. The van der Waals surface area contributed by atoms with Gasteiger partial charge in [0.2, 0.25) is 0 Å². The minimum Gasteiger partial charge on any atom is -0.478 e. The van der Waals surface area contributed by atoms with Crippen LogP contribution in [0.1, 0.15) is 28.8 Å². The van der Waals surface area contributed by atoms with Crippen molar-refractivity contribution in [1.82, 2.24) is 0 Å². The van der Waals surface area contributed by atoms with Crippen LogP contribution in [-0.2, 0) is 0 Å². The van der Waals surface area contributed by atoms with Gasteiger partial charge in [0.05, 0.1) is 5.56 Å². The number of rotatable bonds is 5. The molecule has 0 fully saturated rings. The molecule has 0 aromatic heterocycles. The molecule has 3 heteroatoms. The molecule has 0 spiro atoms. The van der Waals surface area contributed by atoms with E-state index < -0.39 is 5.97 Å². The largest absolute Gasteiger partial charge is 0.478 e. The van der Waals surface area contributed by atoms with Crippen LogP contribution in [0.3, 0.4) is 0 Å². The SMILES string of the molecule is C#CCCCNc1ccc(C(=O)O)c(C)c1. The number of aryl methyl sites for hydroxylation is 1. The van der Waals surface area contributed by atoms with Crippen molar-refractivity contribution in [2.45, 2.75) is 19.8 Å². The molecule has 1 rings (SSSR count). The van der Waals surface area contributed by atoms with Gasteiger partial charge in [-0.05, 0) is 37.1 Å². The first-order chi connectivity index (χ1) is 7.65. The van der Waals surface area contributed by atoms with Gasteiger partial charge in [0.15, 0.2) is 0 Å². The van der Waals surface area contributed by atoms with Gasteiger partial charge in [-0.2, -0.15) is 0 Å². The van der Waals surface area contributed by atoms with Crippen molar-refractivity contribution >= 4 is 11.7 Å². The molecular formula is C13H15NO2. The van der Waals surface area contributed by atoms with Crippen LogP contribution in [0.15, 0.2) is 18.2 Å². The lowest BCUT2D eigenvalue weighted by Gasteiger charge is -2.07. The molecule has 0 atom stereocenters. The Hall–Kier alpha value is -1.95. The molecule has 0 saturated heterocycles. The second-order valence-electron chi connectivity index (χ2n) is 3.57. The molecule has 16 heavy (non-hydrogen) atoms. The first-order valence-corrected chi connectivity index (χ1v) is 5.16. The number of unbranched alkanes of at least 4 members (excludes halogenated alkanes) is 1. The summed E-state index contributed by atoms with van der Waals surface area (Å²) in [5.41, 5.74) is 2.03. The minimum atomic E-state index is -0.892. The van der Waals surface area contributed by atoms with E-state index in [4.69, 9.17) is 11.5 Å². The van der Waals surface area contributed by atoms with Crippen LogP contribution in [0.5, 0.6) is 0 Å². The molecule has 0 amide bonds. The maximum atomic E-state index is 10.8. The first-order valence-electron chi connectivity index (χ1n) is 5.16. The predicted molar refractivity (Wildman–Crippen MR) is 64.7 cm³/mol. The molecular weight excluding hydrogens is 202 g/mol. The van der Waals surface area contributed by atoms with Crippen molar-refractivity contribution in [3.05, 3.63) is 29.3 Å². The number of carboxylic acids is 1. The number of benzene rings is 1. The molecule has 0 radical (unpaired) electrons. The van der Waals surface area contributed by atoms with Gasteiger partial charge in [0.25, 0.3) is 0 Å². The molecule has 0 heterocycles. The third-order valence-corrected chi connectivity index (χ3v) is 2.28. The summed E-state index contributed by atoms with van der Waals surface area (Å²) in [5.74, 6) is 1.68. The number of hydrogen-bond donors (Lipinski definition) is 2. The van der Waals surface area contributed by atoms with Crippen molar-refractivity contribution in [3.63, 3.8) is 0 Å². The van der Waals surface area contributed by atoms with Crippen LogP contribution in [-0.4, -0.2) is 17.6 Å². The average Bonchev–Trinajstić information content (AvgIpc) is 2.24. The highest BCUT2D eigenvalue weighted by molar-refractivity contribution is 5.89. The number of aromatic carboxylic acids is 1. The van der Waals surface area contributed by atoms with E-state index in [9.17, 15) is 4.79 Å². The standard InChI is InChI=1S/C13H15NO2/c1-3-4-5-8-14-11-6-7-12(13(15)16)10(2)9-11/h1,6-7,9,14H,4-5,8H2,2H3,(H,15,16). The van der Waals surface area contributed by atoms with Crippen molar-refractivity contribution in [3.8, 4) is 12.3 Å². The molecule has 0 aliphatic heterocycles. The summed E-state index contributed by atoms with van der Waals surface area (Å²) in [6.07, 6.45) is 6.80. The van der Waals surface area contributed by atoms with E-state index in [1.807, 2.05) is 6.07 Å². The Morgan fingerprint density at radius 1 is 1.56 bits per heavy atom. The van der Waals surface area contributed by atoms with Crippen LogP contribution in [0.25, 0.3) is 0 Å². The van der Waals surface area contributed by atoms with Crippen LogP contribution < -0.4 is 5.32 Å². The second-order valence-corrected chi connectivity index (χ2v) is 3.57. The Morgan fingerprint density at radius 3 is 2.88 bits per heavy atom. The fraction of sp³-hybridized carbons (Fsp3) is 0.308. The molecule has 0 saturated carbocycles. The molecule has 0 aliphatic carbocycles. The van der Waals surface area contributed by atoms with E-state index >= 15 is 0 Å². The Bertz CT molecular complexity index is 418. The predicted octanol–water partition coefficient (Wildman–Crippen LogP) is 2.52. The summed E-state index contributed by atoms with van der Waals surface area (Å²) in [6, 6.07) is 5.22. The lowest BCUT2D eigenvalue weighted by atomic mass is 10.1. The number of nitrogens with one attached hydrogen (secondary N) is 1. The maximum absolute atomic E-state index is 10.8. The minimum absolute atomic E-state index is 0.342. The van der Waals surface area contributed by atoms with Crippen molar-refractivity contribution in [2.75, 3.05) is 11.9 Å². The molecule has 1 aromatic rings. The zero-order valence-electron chi connectivity index (χ0n) is 9.29. The van der Waals surface area contributed by atoms with Crippen LogP contribution in [0, 0.1) is 19.3 Å². The molecule has 2 N–H and O–H groups in total. The van der Waals surface area contributed by atoms with Crippen molar-refractivity contribution in [2.24, 2.45) is 0 Å². The highest BCUT2D eigenvalue weighted by atomic mass is 16.4. The Morgan fingerprint density at radius 2 is 2.31 bits per heavy atom. The van der Waals surface area contributed by atoms with Crippen molar-refractivity contribution < 1.29 is 9.90 Å². The second kappa shape index (κ2) is 5.82. The quantitative estimate of drug-likeness (QED) is 0.588. The van der Waals surface area contributed by atoms with Gasteiger partial charge in [0, 0.05) is 18.7 Å². The van der Waals surface area contributed by atoms with E-state index in [2.05, 4.69) is 11.2 Å². The monoisotopic (exact) mass is 217 g/mol. The summed E-state index contributed by atoms with van der Waals surface area (Å²) in [5, 5.41) is 12.1. The molecule has 3 nitrogen and oxygen atoms in total. The average molecular weight is 217 g/mol. The fourth-order valence-electron chi connectivity index (χ4n) is 1.44. The van der Waals surface area contributed by atoms with Gasteiger partial charge >= 0.3 is 5.97 Å². The first kappa shape index (κ1) is 12.1. The van der Waals surface area contributed by atoms with Gasteiger partial charge in [-0.1, -0.05) is 0 Å². The maximum Gasteiger partial charge on any atom is 0.335 e. The summed E-state index contributed by atoms with van der Waals surface area (Å²) in [4.78, 5) is 10.8. The number of terminal acetylenes is 1. The smallest absolute Gasteiger partial charge is 0.335 e. The highest BCUT2D eigenvalue weighted by Crippen LogP contribution is 2.15. The third kappa shape index (κ3) is 3.32. The lowest BCUT2D eigenvalue weighted by Crippen LogP contribution is -2.04. The van der Waals surface area contributed by atoms with Crippen LogP contribution in [0.4, 0.5) is 5.69 Å². The number of anilines is 1. The Labute approximate surface area is 95.5 Å². The molecule has 0 unspecified atom stereocenters. The summed E-state index contributed by atoms with van der Waals surface area (Å²) >= 11 is 0. The highest BCUT2D eigenvalue weighted by Gasteiger charge is 2.06. The normalized spacial score (nSPS) is 9.50.